The number of nitrogens with one attached hydrogen (secondary N) is 1. The fourth-order valence-corrected chi connectivity index (χ4v) is 5.44. The summed E-state index contributed by atoms with van der Waals surface area (Å²) in [6, 6.07) is 5.45. The van der Waals surface area contributed by atoms with Gasteiger partial charge >= 0.3 is 18.5 Å². The highest BCUT2D eigenvalue weighted by Crippen LogP contribution is 2.51. The van der Waals surface area contributed by atoms with E-state index < -0.39 is 53.6 Å². The first kappa shape index (κ1) is 28.5. The van der Waals surface area contributed by atoms with Crippen LogP contribution in [0.3, 0.4) is 0 Å². The highest BCUT2D eigenvalue weighted by molar-refractivity contribution is 5.56. The lowest BCUT2D eigenvalue weighted by molar-refractivity contribution is -0.185. The van der Waals surface area contributed by atoms with Gasteiger partial charge in [-0.3, -0.25) is 5.32 Å². The van der Waals surface area contributed by atoms with Gasteiger partial charge in [0.1, 0.15) is 11.6 Å². The van der Waals surface area contributed by atoms with E-state index in [2.05, 4.69) is 5.32 Å². The molecule has 1 aliphatic heterocycles. The van der Waals surface area contributed by atoms with Crippen LogP contribution in [0.2, 0.25) is 0 Å². The molecule has 2 aromatic rings. The van der Waals surface area contributed by atoms with E-state index in [4.69, 9.17) is 4.74 Å². The molecule has 1 aliphatic carbocycles. The van der Waals surface area contributed by atoms with Crippen LogP contribution in [-0.4, -0.2) is 32.6 Å². The molecule has 0 amide bonds. The van der Waals surface area contributed by atoms with Gasteiger partial charge in [-0.25, -0.2) is 0 Å². The summed E-state index contributed by atoms with van der Waals surface area (Å²) < 4.78 is 129. The van der Waals surface area contributed by atoms with Crippen LogP contribution in [0, 0.1) is 0 Å². The second-order valence-electron chi connectivity index (χ2n) is 9.82. The summed E-state index contributed by atoms with van der Waals surface area (Å²) in [4.78, 5) is 1.38. The number of nitrogens with zero attached hydrogens (tertiary/aromatic N) is 1. The van der Waals surface area contributed by atoms with E-state index in [0.717, 1.165) is 24.0 Å². The van der Waals surface area contributed by atoms with E-state index >= 15 is 0 Å². The number of halogens is 9. The third-order valence-corrected chi connectivity index (χ3v) is 7.56. The number of benzene rings is 2. The molecule has 210 valence electrons. The summed E-state index contributed by atoms with van der Waals surface area (Å²) >= 11 is 0. The first-order valence-corrected chi connectivity index (χ1v) is 12.1. The van der Waals surface area contributed by atoms with Gasteiger partial charge in [-0.05, 0) is 72.7 Å². The molecular weight excluding hydrogens is 527 g/mol. The number of methoxy groups -OCH3 is 1. The van der Waals surface area contributed by atoms with Crippen molar-refractivity contribution in [1.29, 1.82) is 0 Å². The summed E-state index contributed by atoms with van der Waals surface area (Å²) in [5.74, 6) is 0. The Morgan fingerprint density at radius 3 is 2.13 bits per heavy atom. The molecule has 0 saturated carbocycles. The van der Waals surface area contributed by atoms with Crippen molar-refractivity contribution in [2.45, 2.75) is 68.8 Å². The largest absolute Gasteiger partial charge is 0.416 e. The molecule has 12 heteroatoms. The van der Waals surface area contributed by atoms with Crippen molar-refractivity contribution in [2.24, 2.45) is 0 Å². The number of hydrogen-bond acceptors (Lipinski definition) is 3. The predicted molar refractivity (Wildman–Crippen MR) is 123 cm³/mol. The third-order valence-electron chi connectivity index (χ3n) is 7.56. The van der Waals surface area contributed by atoms with Crippen molar-refractivity contribution >= 4 is 5.69 Å². The number of hydrogen-bond donors (Lipinski definition) is 1. The minimum Gasteiger partial charge on any atom is -0.370 e. The van der Waals surface area contributed by atoms with Crippen molar-refractivity contribution in [2.75, 3.05) is 25.1 Å². The van der Waals surface area contributed by atoms with E-state index in [1.807, 2.05) is 6.92 Å². The average molecular weight is 554 g/mol. The van der Waals surface area contributed by atoms with Gasteiger partial charge in [0.25, 0.3) is 0 Å². The zero-order valence-corrected chi connectivity index (χ0v) is 20.6. The van der Waals surface area contributed by atoms with E-state index in [-0.39, 0.29) is 37.0 Å². The highest BCUT2D eigenvalue weighted by atomic mass is 19.4. The molecule has 3 unspecified atom stereocenters. The van der Waals surface area contributed by atoms with Crippen molar-refractivity contribution in [3.05, 3.63) is 64.2 Å². The molecule has 3 nitrogen and oxygen atoms in total. The first-order chi connectivity index (χ1) is 17.6. The number of ether oxygens (including phenoxy) is 1. The molecule has 0 radical (unpaired) electrons. The van der Waals surface area contributed by atoms with Crippen LogP contribution in [0.4, 0.5) is 45.2 Å². The van der Waals surface area contributed by atoms with Gasteiger partial charge in [-0.1, -0.05) is 13.0 Å². The second-order valence-corrected chi connectivity index (χ2v) is 9.82. The average Bonchev–Trinajstić information content (AvgIpc) is 3.46. The van der Waals surface area contributed by atoms with Crippen molar-refractivity contribution in [3.8, 4) is 0 Å². The molecule has 0 bridgehead atoms. The molecule has 0 spiro atoms. The standard InChI is InChI=1S/C26H27F9N2O/c1-3-22(38-2)36-21-7-4-15-10-19(5-6-20(15)21)37-9-8-23(14-37,26(33,34)35)16-11-17(24(27,28)29)13-18(12-16)25(30,31)32/h5-6,10-13,21-22,36H,3-4,7-9,14H2,1-2H3. The fraction of sp³-hybridized carbons (Fsp3) is 0.538. The number of aryl methyl sites for hydroxylation is 1. The van der Waals surface area contributed by atoms with Gasteiger partial charge in [0.05, 0.1) is 11.1 Å². The Hall–Kier alpha value is -2.47. The van der Waals surface area contributed by atoms with Crippen molar-refractivity contribution < 1.29 is 44.3 Å². The molecule has 1 heterocycles. The topological polar surface area (TPSA) is 24.5 Å². The molecule has 2 aromatic carbocycles. The van der Waals surface area contributed by atoms with Crippen LogP contribution < -0.4 is 10.2 Å². The van der Waals surface area contributed by atoms with Crippen LogP contribution in [0.25, 0.3) is 0 Å². The first-order valence-electron chi connectivity index (χ1n) is 12.1. The second kappa shape index (κ2) is 9.93. The molecule has 1 saturated heterocycles. The minimum atomic E-state index is -5.24. The van der Waals surface area contributed by atoms with Crippen LogP contribution >= 0.6 is 0 Å². The Balaban J connectivity index is 1.69. The lowest BCUT2D eigenvalue weighted by Gasteiger charge is -2.34. The molecule has 1 N–H and O–H groups in total. The van der Waals surface area contributed by atoms with Crippen LogP contribution in [-0.2, 0) is 28.9 Å². The maximum Gasteiger partial charge on any atom is 0.416 e. The molecule has 1 fully saturated rings. The number of anilines is 1. The van der Waals surface area contributed by atoms with Gasteiger partial charge < -0.3 is 9.64 Å². The maximum atomic E-state index is 14.5. The van der Waals surface area contributed by atoms with E-state index in [1.54, 1.807) is 25.3 Å². The third kappa shape index (κ3) is 5.34. The van der Waals surface area contributed by atoms with Crippen LogP contribution in [0.1, 0.15) is 60.0 Å². The Labute approximate surface area is 213 Å². The number of alkyl halides is 9. The highest BCUT2D eigenvalue weighted by Gasteiger charge is 2.60. The Kier molecular flexibility index (Phi) is 7.46. The Morgan fingerprint density at radius 2 is 1.61 bits per heavy atom. The van der Waals surface area contributed by atoms with Crippen molar-refractivity contribution in [1.82, 2.24) is 5.32 Å². The van der Waals surface area contributed by atoms with Gasteiger partial charge in [-0.15, -0.1) is 0 Å². The van der Waals surface area contributed by atoms with E-state index in [1.165, 1.54) is 4.90 Å². The summed E-state index contributed by atoms with van der Waals surface area (Å²) in [6.07, 6.45) is -14.3. The molecular formula is C26H27F9N2O. The minimum absolute atomic E-state index is 0.00249. The molecule has 2 aliphatic rings. The van der Waals surface area contributed by atoms with Crippen molar-refractivity contribution in [3.63, 3.8) is 0 Å². The SMILES string of the molecule is CCC(NC1CCc2cc(N3CCC(c4cc(C(F)(F)F)cc(C(F)(F)F)c4)(C(F)(F)F)C3)ccc21)OC. The van der Waals surface area contributed by atoms with Gasteiger partial charge in [0, 0.05) is 31.9 Å². The van der Waals surface area contributed by atoms with Crippen LogP contribution in [0.5, 0.6) is 0 Å². The summed E-state index contributed by atoms with van der Waals surface area (Å²) in [7, 11) is 1.59. The maximum absolute atomic E-state index is 14.5. The lowest BCUT2D eigenvalue weighted by atomic mass is 9.77. The monoisotopic (exact) mass is 554 g/mol. The summed E-state index contributed by atoms with van der Waals surface area (Å²) in [5, 5.41) is 3.38. The quantitative estimate of drug-likeness (QED) is 0.298. The predicted octanol–water partition coefficient (Wildman–Crippen LogP) is 7.39. The molecule has 3 atom stereocenters. The molecule has 4 rings (SSSR count). The van der Waals surface area contributed by atoms with Crippen LogP contribution in [0.15, 0.2) is 36.4 Å². The Morgan fingerprint density at radius 1 is 0.974 bits per heavy atom. The number of rotatable bonds is 6. The summed E-state index contributed by atoms with van der Waals surface area (Å²) in [6.45, 7) is 0.985. The normalized spacial score (nSPS) is 23.1. The van der Waals surface area contributed by atoms with Gasteiger partial charge in [0.15, 0.2) is 0 Å². The van der Waals surface area contributed by atoms with E-state index in [0.29, 0.717) is 12.1 Å². The lowest BCUT2D eigenvalue weighted by Crippen LogP contribution is -2.45. The summed E-state index contributed by atoms with van der Waals surface area (Å²) in [5.41, 5.74) is -5.11. The molecule has 0 aromatic heterocycles. The Bertz CT molecular complexity index is 1120. The zero-order chi connectivity index (χ0) is 28.1. The smallest absolute Gasteiger partial charge is 0.370 e. The molecule has 38 heavy (non-hydrogen) atoms. The fourth-order valence-electron chi connectivity index (χ4n) is 5.44. The van der Waals surface area contributed by atoms with Gasteiger partial charge in [-0.2, -0.15) is 39.5 Å². The van der Waals surface area contributed by atoms with Gasteiger partial charge in [0.2, 0.25) is 0 Å². The number of fused-ring (bicyclic) bond motifs is 1. The zero-order valence-electron chi connectivity index (χ0n) is 20.6. The van der Waals surface area contributed by atoms with E-state index in [9.17, 15) is 39.5 Å².